The smallest absolute Gasteiger partial charge is 0.223 e. The van der Waals surface area contributed by atoms with Crippen LogP contribution in [0, 0.1) is 0 Å². The predicted molar refractivity (Wildman–Crippen MR) is 61.0 cm³/mol. The molecule has 14 heavy (non-hydrogen) atoms. The van der Waals surface area contributed by atoms with Gasteiger partial charge in [0.25, 0.3) is 0 Å². The summed E-state index contributed by atoms with van der Waals surface area (Å²) in [7, 11) is 1.82. The van der Waals surface area contributed by atoms with Gasteiger partial charge < -0.3 is 4.90 Å². The summed E-state index contributed by atoms with van der Waals surface area (Å²) in [6.45, 7) is 0.774. The van der Waals surface area contributed by atoms with Gasteiger partial charge in [-0.25, -0.2) is 0 Å². The topological polar surface area (TPSA) is 20.3 Å². The third-order valence-corrected chi connectivity index (χ3v) is 3.13. The molecule has 1 aromatic rings. The van der Waals surface area contributed by atoms with Crippen LogP contribution in [0.1, 0.15) is 11.3 Å². The number of amides is 1. The maximum Gasteiger partial charge on any atom is 0.223 e. The van der Waals surface area contributed by atoms with Gasteiger partial charge in [-0.2, -0.15) is 0 Å². The van der Waals surface area contributed by atoms with Crippen molar-refractivity contribution in [3.63, 3.8) is 0 Å². The molecule has 1 heterocycles. The van der Waals surface area contributed by atoms with Gasteiger partial charge in [0.15, 0.2) is 0 Å². The van der Waals surface area contributed by atoms with E-state index in [-0.39, 0.29) is 5.91 Å². The molecular formula is C10H14ClNOS. The van der Waals surface area contributed by atoms with Crippen molar-refractivity contribution >= 4 is 28.8 Å². The molecule has 0 bridgehead atoms. The highest BCUT2D eigenvalue weighted by molar-refractivity contribution is 7.09. The third kappa shape index (κ3) is 3.68. The van der Waals surface area contributed by atoms with Gasteiger partial charge >= 0.3 is 0 Å². The number of alkyl halides is 1. The molecule has 0 atom stereocenters. The van der Waals surface area contributed by atoms with Gasteiger partial charge in [-0.1, -0.05) is 6.07 Å². The molecule has 0 radical (unpaired) electrons. The summed E-state index contributed by atoms with van der Waals surface area (Å²) in [6, 6.07) is 4.12. The van der Waals surface area contributed by atoms with Crippen LogP contribution in [0.3, 0.4) is 0 Å². The summed E-state index contributed by atoms with van der Waals surface area (Å²) in [5.74, 6) is 0.527. The first kappa shape index (κ1) is 11.5. The van der Waals surface area contributed by atoms with Crippen LogP contribution in [0.25, 0.3) is 0 Å². The Balaban J connectivity index is 2.27. The first-order valence-electron chi connectivity index (χ1n) is 4.56. The van der Waals surface area contributed by atoms with E-state index in [1.807, 2.05) is 13.1 Å². The zero-order valence-corrected chi connectivity index (χ0v) is 9.77. The minimum atomic E-state index is 0.122. The lowest BCUT2D eigenvalue weighted by Crippen LogP contribution is -2.28. The van der Waals surface area contributed by atoms with Crippen LogP contribution in [0.15, 0.2) is 17.5 Å². The summed E-state index contributed by atoms with van der Waals surface area (Å²) < 4.78 is 0. The molecule has 1 amide bonds. The molecule has 78 valence electrons. The number of nitrogens with zero attached hydrogens (tertiary/aromatic N) is 1. The summed E-state index contributed by atoms with van der Waals surface area (Å²) >= 11 is 7.22. The standard InChI is InChI=1S/C10H14ClNOS/c1-12(10(13)4-6-11)7-5-9-3-2-8-14-9/h2-3,8H,4-7H2,1H3. The number of likely N-dealkylation sites (N-methyl/N-ethyl adjacent to an activating group) is 1. The summed E-state index contributed by atoms with van der Waals surface area (Å²) in [4.78, 5) is 14.4. The van der Waals surface area contributed by atoms with Crippen molar-refractivity contribution in [2.45, 2.75) is 12.8 Å². The summed E-state index contributed by atoms with van der Waals surface area (Å²) in [5, 5.41) is 2.05. The molecule has 0 aliphatic heterocycles. The fourth-order valence-corrected chi connectivity index (χ4v) is 1.99. The molecule has 1 rings (SSSR count). The van der Waals surface area contributed by atoms with Crippen molar-refractivity contribution in [1.82, 2.24) is 4.90 Å². The van der Waals surface area contributed by atoms with E-state index < -0.39 is 0 Å². The highest BCUT2D eigenvalue weighted by atomic mass is 35.5. The minimum Gasteiger partial charge on any atom is -0.345 e. The monoisotopic (exact) mass is 231 g/mol. The lowest BCUT2D eigenvalue weighted by molar-refractivity contribution is -0.129. The Kier molecular flexibility index (Phi) is 4.98. The van der Waals surface area contributed by atoms with Crippen molar-refractivity contribution in [2.24, 2.45) is 0 Å². The normalized spacial score (nSPS) is 10.1. The van der Waals surface area contributed by atoms with E-state index in [9.17, 15) is 4.79 Å². The van der Waals surface area contributed by atoms with Crippen LogP contribution in [-0.2, 0) is 11.2 Å². The van der Waals surface area contributed by atoms with Gasteiger partial charge in [0, 0.05) is 30.8 Å². The van der Waals surface area contributed by atoms with Crippen molar-refractivity contribution in [1.29, 1.82) is 0 Å². The fourth-order valence-electron chi connectivity index (χ4n) is 1.13. The predicted octanol–water partition coefficient (Wildman–Crippen LogP) is 2.38. The van der Waals surface area contributed by atoms with Gasteiger partial charge in [-0.05, 0) is 17.9 Å². The van der Waals surface area contributed by atoms with Crippen molar-refractivity contribution < 1.29 is 4.79 Å². The lowest BCUT2D eigenvalue weighted by Gasteiger charge is -2.15. The van der Waals surface area contributed by atoms with E-state index in [1.165, 1.54) is 4.88 Å². The lowest BCUT2D eigenvalue weighted by atomic mass is 10.3. The van der Waals surface area contributed by atoms with Crippen molar-refractivity contribution in [3.05, 3.63) is 22.4 Å². The molecule has 0 aliphatic rings. The maximum atomic E-state index is 11.3. The third-order valence-electron chi connectivity index (χ3n) is 2.01. The molecule has 0 fully saturated rings. The zero-order chi connectivity index (χ0) is 10.4. The molecule has 0 unspecified atom stereocenters. The van der Waals surface area contributed by atoms with Crippen LogP contribution in [0.2, 0.25) is 0 Å². The average molecular weight is 232 g/mol. The molecule has 0 N–H and O–H groups in total. The molecule has 4 heteroatoms. The first-order valence-corrected chi connectivity index (χ1v) is 5.97. The number of hydrogen-bond acceptors (Lipinski definition) is 2. The van der Waals surface area contributed by atoms with E-state index in [4.69, 9.17) is 11.6 Å². The Morgan fingerprint density at radius 3 is 3.00 bits per heavy atom. The highest BCUT2D eigenvalue weighted by Gasteiger charge is 2.07. The quantitative estimate of drug-likeness (QED) is 0.713. The van der Waals surface area contributed by atoms with Crippen LogP contribution in [0.5, 0.6) is 0 Å². The van der Waals surface area contributed by atoms with Gasteiger partial charge in [0.05, 0.1) is 0 Å². The molecule has 0 saturated carbocycles. The molecule has 2 nitrogen and oxygen atoms in total. The minimum absolute atomic E-state index is 0.122. The largest absolute Gasteiger partial charge is 0.345 e. The second kappa shape index (κ2) is 6.04. The average Bonchev–Trinajstić information content (AvgIpc) is 2.67. The van der Waals surface area contributed by atoms with Crippen LogP contribution >= 0.6 is 22.9 Å². The molecule has 0 aromatic carbocycles. The Bertz CT molecular complexity index is 274. The molecule has 1 aromatic heterocycles. The molecule has 0 saturated heterocycles. The van der Waals surface area contributed by atoms with E-state index in [1.54, 1.807) is 16.2 Å². The first-order chi connectivity index (χ1) is 6.74. The Morgan fingerprint density at radius 1 is 1.64 bits per heavy atom. The van der Waals surface area contributed by atoms with Crippen molar-refractivity contribution in [3.8, 4) is 0 Å². The number of carbonyl (C=O) groups excluding carboxylic acids is 1. The Hall–Kier alpha value is -0.540. The summed E-state index contributed by atoms with van der Waals surface area (Å²) in [5.41, 5.74) is 0. The molecular weight excluding hydrogens is 218 g/mol. The number of halogens is 1. The van der Waals surface area contributed by atoms with Gasteiger partial charge in [0.2, 0.25) is 5.91 Å². The number of hydrogen-bond donors (Lipinski definition) is 0. The second-order valence-electron chi connectivity index (χ2n) is 3.08. The summed E-state index contributed by atoms with van der Waals surface area (Å²) in [6.07, 6.45) is 1.37. The SMILES string of the molecule is CN(CCc1cccs1)C(=O)CCCl. The highest BCUT2D eigenvalue weighted by Crippen LogP contribution is 2.09. The van der Waals surface area contributed by atoms with Crippen LogP contribution in [-0.4, -0.2) is 30.3 Å². The van der Waals surface area contributed by atoms with E-state index in [0.717, 1.165) is 13.0 Å². The fraction of sp³-hybridized carbons (Fsp3) is 0.500. The number of carbonyl (C=O) groups is 1. The van der Waals surface area contributed by atoms with E-state index in [2.05, 4.69) is 11.4 Å². The van der Waals surface area contributed by atoms with Gasteiger partial charge in [-0.3, -0.25) is 4.79 Å². The van der Waals surface area contributed by atoms with Gasteiger partial charge in [-0.15, -0.1) is 22.9 Å². The van der Waals surface area contributed by atoms with Crippen molar-refractivity contribution in [2.75, 3.05) is 19.5 Å². The second-order valence-corrected chi connectivity index (χ2v) is 4.49. The van der Waals surface area contributed by atoms with E-state index in [0.29, 0.717) is 12.3 Å². The van der Waals surface area contributed by atoms with Crippen LogP contribution < -0.4 is 0 Å². The Labute approximate surface area is 93.5 Å². The van der Waals surface area contributed by atoms with Gasteiger partial charge in [0.1, 0.15) is 0 Å². The Morgan fingerprint density at radius 2 is 2.43 bits per heavy atom. The van der Waals surface area contributed by atoms with Crippen LogP contribution in [0.4, 0.5) is 0 Å². The van der Waals surface area contributed by atoms with E-state index >= 15 is 0 Å². The number of rotatable bonds is 5. The molecule has 0 aliphatic carbocycles. The maximum absolute atomic E-state index is 11.3. The molecule has 0 spiro atoms. The number of thiophene rings is 1. The zero-order valence-electron chi connectivity index (χ0n) is 8.20.